The Hall–Kier alpha value is -2.33. The Balaban J connectivity index is 1.49. The molecule has 0 atom stereocenters. The molecule has 1 aromatic rings. The minimum atomic E-state index is -2.92. The number of ether oxygens (including phenoxy) is 3. The highest BCUT2D eigenvalue weighted by molar-refractivity contribution is 5.94. The summed E-state index contributed by atoms with van der Waals surface area (Å²) in [4.78, 5) is 23.0. The Morgan fingerprint density at radius 1 is 1.25 bits per heavy atom. The molecule has 154 valence electrons. The summed E-state index contributed by atoms with van der Waals surface area (Å²) in [7, 11) is 0. The number of halogens is 2. The van der Waals surface area contributed by atoms with Gasteiger partial charge in [-0.3, -0.25) is 14.9 Å². The smallest absolute Gasteiger partial charge is 0.387 e. The third-order valence-electron chi connectivity index (χ3n) is 5.16. The third-order valence-corrected chi connectivity index (χ3v) is 5.16. The number of rotatable bonds is 5. The number of amides is 1. The quantitative estimate of drug-likeness (QED) is 0.603. The number of alkyl halides is 2. The molecule has 1 N–H and O–H groups in total. The Labute approximate surface area is 160 Å². The fourth-order valence-electron chi connectivity index (χ4n) is 3.31. The van der Waals surface area contributed by atoms with Crippen molar-refractivity contribution >= 4 is 5.91 Å². The molecule has 1 saturated heterocycles. The predicted molar refractivity (Wildman–Crippen MR) is 92.8 cm³/mol. The SMILES string of the molecule is CC1([N+](=O)[O-])COC2(CCC(NC(=O)c3ccc(OC(F)F)cc3)CC2)OC1. The van der Waals surface area contributed by atoms with Crippen LogP contribution in [0, 0.1) is 10.1 Å². The van der Waals surface area contributed by atoms with Gasteiger partial charge in [0.1, 0.15) is 19.0 Å². The molecule has 3 rings (SSSR count). The largest absolute Gasteiger partial charge is 0.435 e. The first-order valence-corrected chi connectivity index (χ1v) is 9.00. The van der Waals surface area contributed by atoms with E-state index in [9.17, 15) is 23.7 Å². The highest BCUT2D eigenvalue weighted by atomic mass is 19.3. The molecule has 1 amide bonds. The van der Waals surface area contributed by atoms with Crippen molar-refractivity contribution < 1.29 is 32.7 Å². The molecule has 8 nitrogen and oxygen atoms in total. The lowest BCUT2D eigenvalue weighted by Crippen LogP contribution is -2.57. The topological polar surface area (TPSA) is 99.9 Å². The highest BCUT2D eigenvalue weighted by Crippen LogP contribution is 2.37. The average Bonchev–Trinajstić information content (AvgIpc) is 2.66. The molecule has 1 saturated carbocycles. The van der Waals surface area contributed by atoms with Crippen LogP contribution in [0.2, 0.25) is 0 Å². The normalized spacial score (nSPS) is 30.2. The van der Waals surface area contributed by atoms with Crippen LogP contribution in [0.3, 0.4) is 0 Å². The molecular formula is C18H22F2N2O6. The fourth-order valence-corrected chi connectivity index (χ4v) is 3.31. The number of nitrogens with one attached hydrogen (secondary N) is 1. The number of nitro groups is 1. The van der Waals surface area contributed by atoms with E-state index in [-0.39, 0.29) is 35.8 Å². The van der Waals surface area contributed by atoms with Gasteiger partial charge < -0.3 is 19.5 Å². The number of hydrogen-bond donors (Lipinski definition) is 1. The van der Waals surface area contributed by atoms with Crippen LogP contribution in [0.25, 0.3) is 0 Å². The van der Waals surface area contributed by atoms with E-state index >= 15 is 0 Å². The summed E-state index contributed by atoms with van der Waals surface area (Å²) in [6.45, 7) is -1.45. The molecule has 0 aromatic heterocycles. The summed E-state index contributed by atoms with van der Waals surface area (Å²) < 4.78 is 40.0. The van der Waals surface area contributed by atoms with Gasteiger partial charge in [-0.15, -0.1) is 0 Å². The Morgan fingerprint density at radius 3 is 2.32 bits per heavy atom. The van der Waals surface area contributed by atoms with Crippen molar-refractivity contribution in [3.05, 3.63) is 39.9 Å². The van der Waals surface area contributed by atoms with Gasteiger partial charge >= 0.3 is 6.61 Å². The van der Waals surface area contributed by atoms with Gasteiger partial charge in [0.05, 0.1) is 0 Å². The second kappa shape index (κ2) is 7.96. The standard InChI is InChI=1S/C18H22F2N2O6/c1-17(22(24)25)10-26-18(27-11-17)8-6-13(7-9-18)21-15(23)12-2-4-14(5-3-12)28-16(19)20/h2-5,13,16H,6-11H2,1H3,(H,21,23). The first-order valence-electron chi connectivity index (χ1n) is 9.00. The summed E-state index contributed by atoms with van der Waals surface area (Å²) in [6, 6.07) is 5.37. The van der Waals surface area contributed by atoms with Crippen LogP contribution in [-0.2, 0) is 9.47 Å². The number of carbonyl (C=O) groups excluding carboxylic acids is 1. The van der Waals surface area contributed by atoms with Crippen molar-refractivity contribution in [1.29, 1.82) is 0 Å². The summed E-state index contributed by atoms with van der Waals surface area (Å²) in [5, 5.41) is 14.0. The van der Waals surface area contributed by atoms with E-state index in [0.717, 1.165) is 0 Å². The molecule has 10 heteroatoms. The number of hydrogen-bond acceptors (Lipinski definition) is 6. The maximum absolute atomic E-state index is 12.3. The zero-order valence-corrected chi connectivity index (χ0v) is 15.4. The second-order valence-corrected chi connectivity index (χ2v) is 7.39. The summed E-state index contributed by atoms with van der Waals surface area (Å²) >= 11 is 0. The van der Waals surface area contributed by atoms with E-state index in [2.05, 4.69) is 10.1 Å². The maximum Gasteiger partial charge on any atom is 0.387 e. The van der Waals surface area contributed by atoms with Gasteiger partial charge in [-0.1, -0.05) is 0 Å². The van der Waals surface area contributed by atoms with E-state index < -0.39 is 17.9 Å². The van der Waals surface area contributed by atoms with Gasteiger partial charge in [-0.05, 0) is 37.1 Å². The molecular weight excluding hydrogens is 378 g/mol. The molecule has 1 aliphatic carbocycles. The van der Waals surface area contributed by atoms with Crippen LogP contribution in [0.15, 0.2) is 24.3 Å². The second-order valence-electron chi connectivity index (χ2n) is 7.39. The predicted octanol–water partition coefficient (Wildman–Crippen LogP) is 2.74. The lowest BCUT2D eigenvalue weighted by molar-refractivity contribution is -0.592. The van der Waals surface area contributed by atoms with Crippen molar-refractivity contribution in [2.45, 2.75) is 56.6 Å². The van der Waals surface area contributed by atoms with E-state index in [1.165, 1.54) is 31.2 Å². The minimum Gasteiger partial charge on any atom is -0.435 e. The van der Waals surface area contributed by atoms with E-state index in [1.807, 2.05) is 0 Å². The molecule has 0 bridgehead atoms. The molecule has 1 aliphatic heterocycles. The molecule has 0 unspecified atom stereocenters. The lowest BCUT2D eigenvalue weighted by atomic mass is 9.88. The van der Waals surface area contributed by atoms with Crippen LogP contribution >= 0.6 is 0 Å². The van der Waals surface area contributed by atoms with Gasteiger partial charge in [0, 0.05) is 36.3 Å². The van der Waals surface area contributed by atoms with Crippen molar-refractivity contribution in [2.24, 2.45) is 0 Å². The summed E-state index contributed by atoms with van der Waals surface area (Å²) in [6.07, 6.45) is 2.25. The molecule has 2 fully saturated rings. The highest BCUT2D eigenvalue weighted by Gasteiger charge is 2.50. The molecule has 0 radical (unpaired) electrons. The molecule has 1 spiro atoms. The lowest BCUT2D eigenvalue weighted by Gasteiger charge is -2.44. The Bertz CT molecular complexity index is 709. The van der Waals surface area contributed by atoms with Gasteiger partial charge in [-0.25, -0.2) is 0 Å². The molecule has 28 heavy (non-hydrogen) atoms. The Morgan fingerprint density at radius 2 is 1.82 bits per heavy atom. The van der Waals surface area contributed by atoms with E-state index in [4.69, 9.17) is 9.47 Å². The number of carbonyl (C=O) groups is 1. The minimum absolute atomic E-state index is 0.00986. The zero-order chi connectivity index (χ0) is 20.4. The third kappa shape index (κ3) is 4.56. The van der Waals surface area contributed by atoms with Crippen molar-refractivity contribution in [2.75, 3.05) is 13.2 Å². The number of benzene rings is 1. The monoisotopic (exact) mass is 400 g/mol. The first kappa shape index (κ1) is 20.4. The summed E-state index contributed by atoms with van der Waals surface area (Å²) in [5.41, 5.74) is -0.898. The Kier molecular flexibility index (Phi) is 5.80. The van der Waals surface area contributed by atoms with Crippen molar-refractivity contribution in [3.63, 3.8) is 0 Å². The van der Waals surface area contributed by atoms with Gasteiger partial charge in [0.15, 0.2) is 5.79 Å². The first-order chi connectivity index (χ1) is 13.2. The number of nitrogens with zero attached hydrogens (tertiary/aromatic N) is 1. The average molecular weight is 400 g/mol. The van der Waals surface area contributed by atoms with Crippen molar-refractivity contribution in [3.8, 4) is 5.75 Å². The fraction of sp³-hybridized carbons (Fsp3) is 0.611. The molecule has 2 aliphatic rings. The van der Waals surface area contributed by atoms with Crippen molar-refractivity contribution in [1.82, 2.24) is 5.32 Å². The van der Waals surface area contributed by atoms with Crippen LogP contribution < -0.4 is 10.1 Å². The van der Waals surface area contributed by atoms with Crippen LogP contribution in [0.5, 0.6) is 5.75 Å². The zero-order valence-electron chi connectivity index (χ0n) is 15.4. The van der Waals surface area contributed by atoms with Gasteiger partial charge in [0.2, 0.25) is 0 Å². The van der Waals surface area contributed by atoms with Crippen LogP contribution in [0.1, 0.15) is 43.0 Å². The molecule has 1 aromatic carbocycles. The van der Waals surface area contributed by atoms with E-state index in [1.54, 1.807) is 0 Å². The maximum atomic E-state index is 12.3. The van der Waals surface area contributed by atoms with E-state index in [0.29, 0.717) is 31.2 Å². The van der Waals surface area contributed by atoms with Crippen LogP contribution in [-0.4, -0.2) is 48.0 Å². The summed E-state index contributed by atoms with van der Waals surface area (Å²) in [5.74, 6) is -1.15. The van der Waals surface area contributed by atoms with Crippen LogP contribution in [0.4, 0.5) is 8.78 Å². The molecule has 1 heterocycles. The van der Waals surface area contributed by atoms with Gasteiger partial charge in [-0.2, -0.15) is 8.78 Å². The van der Waals surface area contributed by atoms with Gasteiger partial charge in [0.25, 0.3) is 11.4 Å².